The van der Waals surface area contributed by atoms with Crippen LogP contribution < -0.4 is 10.5 Å². The highest BCUT2D eigenvalue weighted by Crippen LogP contribution is 2.22. The van der Waals surface area contributed by atoms with Crippen molar-refractivity contribution in [3.05, 3.63) is 27.7 Å². The van der Waals surface area contributed by atoms with Crippen molar-refractivity contribution in [2.75, 3.05) is 31.7 Å². The van der Waals surface area contributed by atoms with Crippen molar-refractivity contribution in [2.24, 2.45) is 0 Å². The Morgan fingerprint density at radius 2 is 2.05 bits per heavy atom. The van der Waals surface area contributed by atoms with E-state index in [0.717, 1.165) is 37.3 Å². The lowest BCUT2D eigenvalue weighted by atomic mass is 10.2. The summed E-state index contributed by atoms with van der Waals surface area (Å²) in [5.41, 5.74) is 1.70. The van der Waals surface area contributed by atoms with Crippen LogP contribution in [0, 0.1) is 6.92 Å². The molecule has 0 spiro atoms. The van der Waals surface area contributed by atoms with Crippen LogP contribution in [0.2, 0.25) is 0 Å². The molecule has 5 nitrogen and oxygen atoms in total. The lowest BCUT2D eigenvalue weighted by Crippen LogP contribution is -2.31. The Kier molecular flexibility index (Phi) is 4.37. The number of aldehydes is 1. The highest BCUT2D eigenvalue weighted by molar-refractivity contribution is 5.84. The maximum absolute atomic E-state index is 12.4. The summed E-state index contributed by atoms with van der Waals surface area (Å²) in [4.78, 5) is 25.7. The van der Waals surface area contributed by atoms with Gasteiger partial charge in [-0.15, -0.1) is 0 Å². The van der Waals surface area contributed by atoms with Crippen molar-refractivity contribution in [2.45, 2.75) is 26.3 Å². The Hall–Kier alpha value is -1.62. The molecule has 1 aromatic heterocycles. The summed E-state index contributed by atoms with van der Waals surface area (Å²) in [6, 6.07) is 1.94. The van der Waals surface area contributed by atoms with E-state index in [0.29, 0.717) is 19.4 Å². The number of ether oxygens (including phenoxy) is 1. The van der Waals surface area contributed by atoms with E-state index in [1.54, 1.807) is 11.7 Å². The van der Waals surface area contributed by atoms with Crippen LogP contribution in [0.4, 0.5) is 5.69 Å². The van der Waals surface area contributed by atoms with Crippen molar-refractivity contribution >= 4 is 12.0 Å². The van der Waals surface area contributed by atoms with Gasteiger partial charge in [0, 0.05) is 32.4 Å². The lowest BCUT2D eigenvalue weighted by molar-refractivity contribution is 0.112. The molecule has 0 unspecified atom stereocenters. The minimum atomic E-state index is -0.214. The second kappa shape index (κ2) is 6.02. The van der Waals surface area contributed by atoms with E-state index in [4.69, 9.17) is 4.74 Å². The SMILES string of the molecule is COCCn1c(C)cc(N2CCCC2)c(C=O)c1=O. The summed E-state index contributed by atoms with van der Waals surface area (Å²) < 4.78 is 6.60. The Labute approximate surface area is 112 Å². The Balaban J connectivity index is 2.46. The number of nitrogens with zero attached hydrogens (tertiary/aromatic N) is 2. The van der Waals surface area contributed by atoms with Crippen LogP contribution in [0.1, 0.15) is 28.9 Å². The number of aryl methyl sites for hydroxylation is 1. The van der Waals surface area contributed by atoms with E-state index in [1.165, 1.54) is 0 Å². The first kappa shape index (κ1) is 13.8. The summed E-state index contributed by atoms with van der Waals surface area (Å²) >= 11 is 0. The maximum Gasteiger partial charge on any atom is 0.263 e. The third kappa shape index (κ3) is 2.71. The molecular formula is C14H20N2O3. The molecule has 1 aliphatic rings. The van der Waals surface area contributed by atoms with E-state index in [9.17, 15) is 9.59 Å². The molecule has 2 heterocycles. The normalized spacial score (nSPS) is 14.9. The van der Waals surface area contributed by atoms with Crippen LogP contribution in [0.15, 0.2) is 10.9 Å². The molecule has 1 aliphatic heterocycles. The van der Waals surface area contributed by atoms with Gasteiger partial charge in [0.2, 0.25) is 0 Å². The number of hydrogen-bond acceptors (Lipinski definition) is 4. The first-order valence-electron chi connectivity index (χ1n) is 6.62. The monoisotopic (exact) mass is 264 g/mol. The van der Waals surface area contributed by atoms with Crippen molar-refractivity contribution in [1.82, 2.24) is 4.57 Å². The van der Waals surface area contributed by atoms with Crippen LogP contribution >= 0.6 is 0 Å². The largest absolute Gasteiger partial charge is 0.383 e. The smallest absolute Gasteiger partial charge is 0.263 e. The molecule has 2 rings (SSSR count). The number of aromatic nitrogens is 1. The first-order valence-corrected chi connectivity index (χ1v) is 6.62. The zero-order valence-corrected chi connectivity index (χ0v) is 11.5. The molecule has 5 heteroatoms. The fourth-order valence-corrected chi connectivity index (χ4v) is 2.56. The average molecular weight is 264 g/mol. The van der Waals surface area contributed by atoms with Crippen molar-refractivity contribution in [3.8, 4) is 0 Å². The molecule has 0 radical (unpaired) electrons. The van der Waals surface area contributed by atoms with Crippen molar-refractivity contribution in [3.63, 3.8) is 0 Å². The number of carbonyl (C=O) groups excluding carboxylic acids is 1. The quantitative estimate of drug-likeness (QED) is 0.750. The number of methoxy groups -OCH3 is 1. The van der Waals surface area contributed by atoms with Gasteiger partial charge in [0.25, 0.3) is 5.56 Å². The lowest BCUT2D eigenvalue weighted by Gasteiger charge is -2.21. The predicted molar refractivity (Wildman–Crippen MR) is 74.1 cm³/mol. The molecule has 1 aromatic rings. The van der Waals surface area contributed by atoms with Gasteiger partial charge in [0.05, 0.1) is 12.3 Å². The number of carbonyl (C=O) groups is 1. The molecule has 0 N–H and O–H groups in total. The Morgan fingerprint density at radius 1 is 1.37 bits per heavy atom. The molecule has 104 valence electrons. The molecule has 0 atom stereocenters. The van der Waals surface area contributed by atoms with Crippen LogP contribution in [0.3, 0.4) is 0 Å². The van der Waals surface area contributed by atoms with Gasteiger partial charge >= 0.3 is 0 Å². The summed E-state index contributed by atoms with van der Waals surface area (Å²) in [6.45, 7) is 4.67. The van der Waals surface area contributed by atoms with Gasteiger partial charge in [-0.1, -0.05) is 0 Å². The molecular weight excluding hydrogens is 244 g/mol. The standard InChI is InChI=1S/C14H20N2O3/c1-11-9-13(15-5-3-4-6-15)12(10-17)14(18)16(11)7-8-19-2/h9-10H,3-8H2,1-2H3. The summed E-state index contributed by atoms with van der Waals surface area (Å²) in [7, 11) is 1.60. The topological polar surface area (TPSA) is 51.5 Å². The fraction of sp³-hybridized carbons (Fsp3) is 0.571. The van der Waals surface area contributed by atoms with Gasteiger partial charge in [-0.25, -0.2) is 0 Å². The van der Waals surface area contributed by atoms with Gasteiger partial charge in [-0.05, 0) is 25.8 Å². The molecule has 19 heavy (non-hydrogen) atoms. The van der Waals surface area contributed by atoms with Crippen LogP contribution in [-0.2, 0) is 11.3 Å². The first-order chi connectivity index (χ1) is 9.19. The van der Waals surface area contributed by atoms with Crippen molar-refractivity contribution in [1.29, 1.82) is 0 Å². The zero-order chi connectivity index (χ0) is 13.8. The highest BCUT2D eigenvalue weighted by Gasteiger charge is 2.20. The second-order valence-corrected chi connectivity index (χ2v) is 4.85. The van der Waals surface area contributed by atoms with Gasteiger partial charge in [-0.2, -0.15) is 0 Å². The zero-order valence-electron chi connectivity index (χ0n) is 11.5. The molecule has 0 aliphatic carbocycles. The van der Waals surface area contributed by atoms with Gasteiger partial charge in [0.15, 0.2) is 6.29 Å². The summed E-state index contributed by atoms with van der Waals surface area (Å²) in [5, 5.41) is 0. The number of hydrogen-bond donors (Lipinski definition) is 0. The summed E-state index contributed by atoms with van der Waals surface area (Å²) in [6.07, 6.45) is 2.91. The van der Waals surface area contributed by atoms with E-state index in [-0.39, 0.29) is 11.1 Å². The molecule has 0 aromatic carbocycles. The second-order valence-electron chi connectivity index (χ2n) is 4.85. The van der Waals surface area contributed by atoms with Gasteiger partial charge in [-0.3, -0.25) is 9.59 Å². The number of anilines is 1. The Bertz CT molecular complexity index is 516. The van der Waals surface area contributed by atoms with Crippen LogP contribution in [0.25, 0.3) is 0 Å². The van der Waals surface area contributed by atoms with E-state index in [1.807, 2.05) is 13.0 Å². The minimum Gasteiger partial charge on any atom is -0.383 e. The van der Waals surface area contributed by atoms with Crippen LogP contribution in [-0.4, -0.2) is 37.7 Å². The van der Waals surface area contributed by atoms with E-state index in [2.05, 4.69) is 4.90 Å². The van der Waals surface area contributed by atoms with Gasteiger partial charge < -0.3 is 14.2 Å². The van der Waals surface area contributed by atoms with E-state index >= 15 is 0 Å². The third-order valence-electron chi connectivity index (χ3n) is 3.61. The molecule has 1 fully saturated rings. The number of pyridine rings is 1. The van der Waals surface area contributed by atoms with Crippen LogP contribution in [0.5, 0.6) is 0 Å². The fourth-order valence-electron chi connectivity index (χ4n) is 2.56. The third-order valence-corrected chi connectivity index (χ3v) is 3.61. The molecule has 1 saturated heterocycles. The predicted octanol–water partition coefficient (Wildman–Crippen LogP) is 1.22. The molecule has 0 bridgehead atoms. The van der Waals surface area contributed by atoms with Gasteiger partial charge in [0.1, 0.15) is 5.56 Å². The molecule has 0 amide bonds. The number of rotatable bonds is 5. The Morgan fingerprint density at radius 3 is 2.63 bits per heavy atom. The highest BCUT2D eigenvalue weighted by atomic mass is 16.5. The van der Waals surface area contributed by atoms with E-state index < -0.39 is 0 Å². The maximum atomic E-state index is 12.4. The van der Waals surface area contributed by atoms with Crippen molar-refractivity contribution < 1.29 is 9.53 Å². The summed E-state index contributed by atoms with van der Waals surface area (Å²) in [5.74, 6) is 0. The minimum absolute atomic E-state index is 0.214. The average Bonchev–Trinajstić information content (AvgIpc) is 2.91. The molecule has 0 saturated carbocycles.